The molecule has 0 saturated carbocycles. The van der Waals surface area contributed by atoms with E-state index in [0.29, 0.717) is 17.5 Å². The molecular weight excluding hydrogens is 326 g/mol. The summed E-state index contributed by atoms with van der Waals surface area (Å²) in [5.74, 6) is 0.750. The molecule has 6 nitrogen and oxygen atoms in total. The van der Waals surface area contributed by atoms with Crippen LogP contribution in [-0.4, -0.2) is 46.0 Å². The molecule has 6 heteroatoms. The third kappa shape index (κ3) is 2.99. The predicted octanol–water partition coefficient (Wildman–Crippen LogP) is 2.44. The molecule has 1 aromatic heterocycles. The minimum absolute atomic E-state index is 0.0517. The number of carbonyl (C=O) groups excluding carboxylic acids is 1. The monoisotopic (exact) mass is 349 g/mol. The second kappa shape index (κ2) is 6.93. The van der Waals surface area contributed by atoms with Crippen LogP contribution < -0.4 is 4.90 Å². The Morgan fingerprint density at radius 3 is 2.69 bits per heavy atom. The number of anilines is 1. The number of carbonyl (C=O) groups is 1. The Labute approximate surface area is 153 Å². The number of piperidine rings is 1. The van der Waals surface area contributed by atoms with Gasteiger partial charge in [0.2, 0.25) is 5.91 Å². The number of rotatable bonds is 3. The zero-order valence-electron chi connectivity index (χ0n) is 15.0. The molecule has 4 rings (SSSR count). The van der Waals surface area contributed by atoms with E-state index in [1.165, 1.54) is 0 Å². The first kappa shape index (κ1) is 16.8. The van der Waals surface area contributed by atoms with Crippen molar-refractivity contribution in [2.45, 2.75) is 31.8 Å². The number of hydrogen-bond acceptors (Lipinski definition) is 4. The Morgan fingerprint density at radius 1 is 1.19 bits per heavy atom. The molecule has 1 aromatic carbocycles. The SMILES string of the molecule is CC1CCN(C2CCN(c3ccc(C#N)cc3)C2=O)CC1n1ccnc1. The maximum absolute atomic E-state index is 13.0. The summed E-state index contributed by atoms with van der Waals surface area (Å²) in [7, 11) is 0. The van der Waals surface area contributed by atoms with Gasteiger partial charge in [-0.15, -0.1) is 0 Å². The third-order valence-electron chi connectivity index (χ3n) is 5.78. The van der Waals surface area contributed by atoms with Crippen LogP contribution in [-0.2, 0) is 4.79 Å². The zero-order chi connectivity index (χ0) is 18.1. The van der Waals surface area contributed by atoms with Crippen molar-refractivity contribution < 1.29 is 4.79 Å². The van der Waals surface area contributed by atoms with Gasteiger partial charge in [0.1, 0.15) is 0 Å². The van der Waals surface area contributed by atoms with Gasteiger partial charge in [-0.25, -0.2) is 4.98 Å². The molecule has 2 aliphatic heterocycles. The fourth-order valence-electron chi connectivity index (χ4n) is 4.19. The van der Waals surface area contributed by atoms with E-state index < -0.39 is 0 Å². The van der Waals surface area contributed by atoms with E-state index in [-0.39, 0.29) is 11.9 Å². The normalized spacial score (nSPS) is 26.8. The van der Waals surface area contributed by atoms with E-state index in [0.717, 1.165) is 38.2 Å². The molecule has 2 aliphatic rings. The largest absolute Gasteiger partial charge is 0.333 e. The Bertz CT molecular complexity index is 808. The molecule has 134 valence electrons. The van der Waals surface area contributed by atoms with E-state index >= 15 is 0 Å². The maximum Gasteiger partial charge on any atom is 0.244 e. The van der Waals surface area contributed by atoms with Crippen LogP contribution in [0, 0.1) is 17.2 Å². The summed E-state index contributed by atoms with van der Waals surface area (Å²) >= 11 is 0. The molecule has 3 unspecified atom stereocenters. The van der Waals surface area contributed by atoms with Crippen LogP contribution in [0.25, 0.3) is 0 Å². The van der Waals surface area contributed by atoms with Gasteiger partial charge in [0, 0.05) is 37.2 Å². The smallest absolute Gasteiger partial charge is 0.244 e. The minimum Gasteiger partial charge on any atom is -0.333 e. The number of amides is 1. The highest BCUT2D eigenvalue weighted by atomic mass is 16.2. The molecule has 0 spiro atoms. The van der Waals surface area contributed by atoms with E-state index in [2.05, 4.69) is 27.4 Å². The van der Waals surface area contributed by atoms with Gasteiger partial charge >= 0.3 is 0 Å². The summed E-state index contributed by atoms with van der Waals surface area (Å²) in [6.45, 7) is 4.86. The lowest BCUT2D eigenvalue weighted by molar-refractivity contribution is -0.122. The molecule has 1 amide bonds. The molecule has 0 bridgehead atoms. The lowest BCUT2D eigenvalue weighted by atomic mass is 9.92. The van der Waals surface area contributed by atoms with E-state index in [1.807, 2.05) is 35.8 Å². The second-order valence-corrected chi connectivity index (χ2v) is 7.29. The van der Waals surface area contributed by atoms with Crippen molar-refractivity contribution in [2.75, 3.05) is 24.5 Å². The Balaban J connectivity index is 1.48. The maximum atomic E-state index is 13.0. The van der Waals surface area contributed by atoms with Crippen LogP contribution in [0.5, 0.6) is 0 Å². The Morgan fingerprint density at radius 2 is 2.00 bits per heavy atom. The van der Waals surface area contributed by atoms with Gasteiger partial charge in [-0.05, 0) is 49.6 Å². The highest BCUT2D eigenvalue weighted by molar-refractivity contribution is 5.99. The fraction of sp³-hybridized carbons (Fsp3) is 0.450. The van der Waals surface area contributed by atoms with Crippen LogP contribution in [0.4, 0.5) is 5.69 Å². The van der Waals surface area contributed by atoms with Crippen LogP contribution in [0.3, 0.4) is 0 Å². The molecule has 26 heavy (non-hydrogen) atoms. The predicted molar refractivity (Wildman–Crippen MR) is 98.5 cm³/mol. The lowest BCUT2D eigenvalue weighted by Crippen LogP contribution is -2.49. The van der Waals surface area contributed by atoms with Gasteiger partial charge in [-0.3, -0.25) is 9.69 Å². The summed E-state index contributed by atoms with van der Waals surface area (Å²) in [4.78, 5) is 21.4. The summed E-state index contributed by atoms with van der Waals surface area (Å²) in [6.07, 6.45) is 7.65. The van der Waals surface area contributed by atoms with Crippen LogP contribution >= 0.6 is 0 Å². The lowest BCUT2D eigenvalue weighted by Gasteiger charge is -2.40. The van der Waals surface area contributed by atoms with E-state index in [9.17, 15) is 4.79 Å². The number of nitrogens with zero attached hydrogens (tertiary/aromatic N) is 5. The topological polar surface area (TPSA) is 65.2 Å². The number of likely N-dealkylation sites (tertiary alicyclic amines) is 1. The Hall–Kier alpha value is -2.65. The summed E-state index contributed by atoms with van der Waals surface area (Å²) in [6, 6.07) is 9.71. The first-order valence-corrected chi connectivity index (χ1v) is 9.20. The standard InChI is InChI=1S/C20H23N5O/c1-15-6-9-23(13-19(15)24-11-8-22-14-24)18-7-10-25(20(18)26)17-4-2-16(12-21)3-5-17/h2-5,8,11,14-15,18-19H,6-7,9-10,13H2,1H3. The number of benzene rings is 1. The first-order chi connectivity index (χ1) is 12.7. The highest BCUT2D eigenvalue weighted by Gasteiger charge is 2.40. The van der Waals surface area contributed by atoms with Crippen molar-refractivity contribution in [3.63, 3.8) is 0 Å². The fourth-order valence-corrected chi connectivity index (χ4v) is 4.19. The van der Waals surface area contributed by atoms with Gasteiger partial charge in [0.15, 0.2) is 0 Å². The van der Waals surface area contributed by atoms with Crippen LogP contribution in [0.2, 0.25) is 0 Å². The zero-order valence-corrected chi connectivity index (χ0v) is 15.0. The average molecular weight is 349 g/mol. The third-order valence-corrected chi connectivity index (χ3v) is 5.78. The molecule has 0 aliphatic carbocycles. The summed E-state index contributed by atoms with van der Waals surface area (Å²) in [5.41, 5.74) is 1.50. The van der Waals surface area contributed by atoms with Crippen molar-refractivity contribution in [3.05, 3.63) is 48.5 Å². The molecule has 3 heterocycles. The number of aromatic nitrogens is 2. The second-order valence-electron chi connectivity index (χ2n) is 7.29. The average Bonchev–Trinajstić information content (AvgIpc) is 3.32. The van der Waals surface area contributed by atoms with Crippen molar-refractivity contribution in [1.82, 2.24) is 14.5 Å². The highest BCUT2D eigenvalue weighted by Crippen LogP contribution is 2.32. The van der Waals surface area contributed by atoms with Crippen LogP contribution in [0.1, 0.15) is 31.4 Å². The number of imidazole rings is 1. The Kier molecular flexibility index (Phi) is 4.48. The van der Waals surface area contributed by atoms with Crippen LogP contribution in [0.15, 0.2) is 43.0 Å². The van der Waals surface area contributed by atoms with Gasteiger partial charge < -0.3 is 9.47 Å². The van der Waals surface area contributed by atoms with Crippen molar-refractivity contribution in [2.24, 2.45) is 5.92 Å². The molecule has 2 aromatic rings. The molecule has 0 N–H and O–H groups in total. The van der Waals surface area contributed by atoms with Gasteiger partial charge in [0.05, 0.1) is 24.0 Å². The quantitative estimate of drug-likeness (QED) is 0.854. The van der Waals surface area contributed by atoms with Crippen molar-refractivity contribution >= 4 is 11.6 Å². The van der Waals surface area contributed by atoms with E-state index in [4.69, 9.17) is 5.26 Å². The summed E-state index contributed by atoms with van der Waals surface area (Å²) in [5, 5.41) is 8.94. The van der Waals surface area contributed by atoms with Gasteiger partial charge in [0.25, 0.3) is 0 Å². The summed E-state index contributed by atoms with van der Waals surface area (Å²) < 4.78 is 2.18. The van der Waals surface area contributed by atoms with Crippen molar-refractivity contribution in [1.29, 1.82) is 5.26 Å². The molecule has 2 fully saturated rings. The number of hydrogen-bond donors (Lipinski definition) is 0. The molecule has 2 saturated heterocycles. The van der Waals surface area contributed by atoms with Gasteiger partial charge in [-0.1, -0.05) is 6.92 Å². The molecule has 3 atom stereocenters. The van der Waals surface area contributed by atoms with Crippen molar-refractivity contribution in [3.8, 4) is 6.07 Å². The number of nitriles is 1. The van der Waals surface area contributed by atoms with Gasteiger partial charge in [-0.2, -0.15) is 5.26 Å². The minimum atomic E-state index is -0.0517. The molecule has 0 radical (unpaired) electrons. The molecular formula is C20H23N5O. The van der Waals surface area contributed by atoms with E-state index in [1.54, 1.807) is 12.1 Å². The first-order valence-electron chi connectivity index (χ1n) is 9.20.